The summed E-state index contributed by atoms with van der Waals surface area (Å²) < 4.78 is 5.32. The maximum absolute atomic E-state index is 12.8. The van der Waals surface area contributed by atoms with E-state index in [-0.39, 0.29) is 0 Å². The molecule has 6 heteroatoms. The maximum Gasteiger partial charge on any atom is 0.339 e. The number of carbonyl (C=O) groups excluding carboxylic acids is 2. The second kappa shape index (κ2) is 8.35. The summed E-state index contributed by atoms with van der Waals surface area (Å²) in [6, 6.07) is 28.1. The van der Waals surface area contributed by atoms with Gasteiger partial charge in [0.05, 0.1) is 16.6 Å². The van der Waals surface area contributed by atoms with Crippen molar-refractivity contribution in [1.29, 1.82) is 0 Å². The normalized spacial score (nSPS) is 10.9. The molecule has 0 saturated heterocycles. The van der Waals surface area contributed by atoms with Gasteiger partial charge in [0.2, 0.25) is 0 Å². The Balaban J connectivity index is 1.32. The van der Waals surface area contributed by atoms with Gasteiger partial charge >= 0.3 is 5.97 Å². The van der Waals surface area contributed by atoms with E-state index in [1.54, 1.807) is 18.2 Å². The van der Waals surface area contributed by atoms with Gasteiger partial charge in [-0.15, -0.1) is 0 Å². The van der Waals surface area contributed by atoms with Crippen molar-refractivity contribution >= 4 is 39.4 Å². The predicted octanol–water partition coefficient (Wildman–Crippen LogP) is 5.18. The Bertz CT molecular complexity index is 1420. The first-order valence-corrected chi connectivity index (χ1v) is 10.2. The number of amides is 1. The molecule has 0 aliphatic heterocycles. The number of benzene rings is 4. The van der Waals surface area contributed by atoms with E-state index in [0.29, 0.717) is 22.6 Å². The summed E-state index contributed by atoms with van der Waals surface area (Å²) in [5.41, 5.74) is 3.31. The number of H-pyrrole nitrogens is 1. The minimum absolute atomic E-state index is 0.338. The smallest absolute Gasteiger partial charge is 0.339 e. The van der Waals surface area contributed by atoms with Crippen LogP contribution in [0.15, 0.2) is 91.0 Å². The maximum atomic E-state index is 12.8. The van der Waals surface area contributed by atoms with Crippen molar-refractivity contribution in [3.8, 4) is 11.4 Å². The zero-order valence-electron chi connectivity index (χ0n) is 17.0. The number of ether oxygens (including phenoxy) is 1. The Morgan fingerprint density at radius 2 is 1.59 bits per heavy atom. The predicted molar refractivity (Wildman–Crippen MR) is 124 cm³/mol. The lowest BCUT2D eigenvalue weighted by Crippen LogP contribution is -2.21. The van der Waals surface area contributed by atoms with Crippen LogP contribution in [0, 0.1) is 0 Å². The largest absolute Gasteiger partial charge is 0.452 e. The number of aromatic nitrogens is 2. The summed E-state index contributed by atoms with van der Waals surface area (Å²) in [6.45, 7) is -0.392. The number of imidazole rings is 1. The molecule has 0 spiro atoms. The lowest BCUT2D eigenvalue weighted by molar-refractivity contribution is -0.119. The molecule has 2 N–H and O–H groups in total. The summed E-state index contributed by atoms with van der Waals surface area (Å²) in [6.07, 6.45) is 0. The molecular formula is C26H19N3O3. The second-order valence-corrected chi connectivity index (χ2v) is 7.30. The third-order valence-corrected chi connectivity index (χ3v) is 5.19. The summed E-state index contributed by atoms with van der Waals surface area (Å²) in [7, 11) is 0. The third kappa shape index (κ3) is 3.81. The van der Waals surface area contributed by atoms with Crippen molar-refractivity contribution in [3.05, 3.63) is 96.6 Å². The van der Waals surface area contributed by atoms with Crippen LogP contribution in [0.4, 0.5) is 5.69 Å². The van der Waals surface area contributed by atoms with E-state index in [0.717, 1.165) is 21.8 Å². The molecule has 0 fully saturated rings. The number of nitrogens with zero attached hydrogens (tertiary/aromatic N) is 1. The van der Waals surface area contributed by atoms with Gasteiger partial charge in [-0.3, -0.25) is 4.79 Å². The fraction of sp³-hybridized carbons (Fsp3) is 0.0385. The van der Waals surface area contributed by atoms with Gasteiger partial charge < -0.3 is 15.0 Å². The average molecular weight is 421 g/mol. The van der Waals surface area contributed by atoms with Gasteiger partial charge in [0.15, 0.2) is 6.61 Å². The van der Waals surface area contributed by atoms with Crippen LogP contribution in [0.1, 0.15) is 10.4 Å². The average Bonchev–Trinajstić information content (AvgIpc) is 3.27. The highest BCUT2D eigenvalue weighted by atomic mass is 16.5. The van der Waals surface area contributed by atoms with E-state index >= 15 is 0 Å². The highest BCUT2D eigenvalue weighted by molar-refractivity contribution is 6.04. The second-order valence-electron chi connectivity index (χ2n) is 7.30. The molecule has 6 nitrogen and oxygen atoms in total. The Hall–Kier alpha value is -4.45. The molecule has 0 radical (unpaired) electrons. The number of esters is 1. The first kappa shape index (κ1) is 19.5. The number of carbonyl (C=O) groups is 2. The van der Waals surface area contributed by atoms with Gasteiger partial charge in [0.25, 0.3) is 5.91 Å². The molecule has 156 valence electrons. The van der Waals surface area contributed by atoms with Crippen molar-refractivity contribution in [1.82, 2.24) is 9.97 Å². The van der Waals surface area contributed by atoms with Gasteiger partial charge in [-0.25, -0.2) is 9.78 Å². The molecule has 1 amide bonds. The van der Waals surface area contributed by atoms with E-state index in [1.165, 1.54) is 0 Å². The van der Waals surface area contributed by atoms with Crippen LogP contribution in [-0.4, -0.2) is 28.5 Å². The van der Waals surface area contributed by atoms with Crippen LogP contribution in [0.2, 0.25) is 0 Å². The molecule has 0 bridgehead atoms. The van der Waals surface area contributed by atoms with Crippen LogP contribution < -0.4 is 5.32 Å². The van der Waals surface area contributed by atoms with E-state index < -0.39 is 18.5 Å². The number of anilines is 1. The Labute approximate surface area is 183 Å². The first-order valence-electron chi connectivity index (χ1n) is 10.2. The minimum atomic E-state index is -0.589. The minimum Gasteiger partial charge on any atom is -0.452 e. The monoisotopic (exact) mass is 421 g/mol. The van der Waals surface area contributed by atoms with Crippen LogP contribution in [0.5, 0.6) is 0 Å². The van der Waals surface area contributed by atoms with Crippen LogP contribution >= 0.6 is 0 Å². The number of aromatic amines is 1. The molecule has 1 aromatic heterocycles. The van der Waals surface area contributed by atoms with E-state index in [2.05, 4.69) is 15.3 Å². The zero-order valence-corrected chi connectivity index (χ0v) is 17.0. The summed E-state index contributed by atoms with van der Waals surface area (Å²) in [4.78, 5) is 33.0. The number of nitrogens with one attached hydrogen (secondary N) is 2. The molecule has 1 heterocycles. The van der Waals surface area contributed by atoms with Crippen molar-refractivity contribution in [2.24, 2.45) is 0 Å². The standard InChI is InChI=1S/C26H19N3O3/c30-24(27-21-15-7-9-17-8-1-2-10-18(17)21)16-32-26(31)20-12-4-3-11-19(20)25-28-22-13-5-6-14-23(22)29-25/h1-15H,16H2,(H,27,30)(H,28,29). The molecule has 5 aromatic rings. The molecule has 0 atom stereocenters. The molecule has 0 aliphatic rings. The topological polar surface area (TPSA) is 84.1 Å². The highest BCUT2D eigenvalue weighted by Crippen LogP contribution is 2.25. The molecule has 0 saturated carbocycles. The van der Waals surface area contributed by atoms with Gasteiger partial charge in [-0.05, 0) is 29.7 Å². The molecule has 4 aromatic carbocycles. The fourth-order valence-corrected chi connectivity index (χ4v) is 3.68. The first-order chi connectivity index (χ1) is 15.7. The molecule has 5 rings (SSSR count). The van der Waals surface area contributed by atoms with Crippen LogP contribution in [0.25, 0.3) is 33.2 Å². The number of para-hydroxylation sites is 2. The molecular weight excluding hydrogens is 402 g/mol. The van der Waals surface area contributed by atoms with E-state index in [4.69, 9.17) is 4.74 Å². The number of hydrogen-bond donors (Lipinski definition) is 2. The zero-order chi connectivity index (χ0) is 21.9. The van der Waals surface area contributed by atoms with Crippen molar-refractivity contribution in [2.75, 3.05) is 11.9 Å². The molecule has 32 heavy (non-hydrogen) atoms. The lowest BCUT2D eigenvalue weighted by Gasteiger charge is -2.10. The Morgan fingerprint density at radius 1 is 0.844 bits per heavy atom. The number of fused-ring (bicyclic) bond motifs is 2. The Kier molecular flexibility index (Phi) is 5.09. The van der Waals surface area contributed by atoms with Gasteiger partial charge in [-0.1, -0.05) is 66.7 Å². The van der Waals surface area contributed by atoms with Crippen molar-refractivity contribution in [3.63, 3.8) is 0 Å². The summed E-state index contributed by atoms with van der Waals surface area (Å²) in [5.74, 6) is -0.427. The van der Waals surface area contributed by atoms with E-state index in [1.807, 2.05) is 72.8 Å². The van der Waals surface area contributed by atoms with Crippen LogP contribution in [0.3, 0.4) is 0 Å². The third-order valence-electron chi connectivity index (χ3n) is 5.19. The fourth-order valence-electron chi connectivity index (χ4n) is 3.68. The van der Waals surface area contributed by atoms with Crippen molar-refractivity contribution in [2.45, 2.75) is 0 Å². The Morgan fingerprint density at radius 3 is 2.50 bits per heavy atom. The SMILES string of the molecule is O=C(COC(=O)c1ccccc1-c1nc2ccccc2[nH]1)Nc1cccc2ccccc12. The van der Waals surface area contributed by atoms with Gasteiger partial charge in [-0.2, -0.15) is 0 Å². The van der Waals surface area contributed by atoms with Crippen molar-refractivity contribution < 1.29 is 14.3 Å². The van der Waals surface area contributed by atoms with Gasteiger partial charge in [0.1, 0.15) is 5.82 Å². The number of hydrogen-bond acceptors (Lipinski definition) is 4. The summed E-state index contributed by atoms with van der Waals surface area (Å²) >= 11 is 0. The lowest BCUT2D eigenvalue weighted by atomic mass is 10.1. The molecule has 0 unspecified atom stereocenters. The quantitative estimate of drug-likeness (QED) is 0.383. The summed E-state index contributed by atoms with van der Waals surface area (Å²) in [5, 5.41) is 4.76. The van der Waals surface area contributed by atoms with Gasteiger partial charge in [0, 0.05) is 16.6 Å². The van der Waals surface area contributed by atoms with E-state index in [9.17, 15) is 9.59 Å². The number of rotatable bonds is 5. The highest BCUT2D eigenvalue weighted by Gasteiger charge is 2.18. The molecule has 0 aliphatic carbocycles. The van der Waals surface area contributed by atoms with Crippen LogP contribution in [-0.2, 0) is 9.53 Å².